The second kappa shape index (κ2) is 6.00. The fourth-order valence-corrected chi connectivity index (χ4v) is 1.84. The number of rotatable bonds is 4. The van der Waals surface area contributed by atoms with E-state index in [4.69, 9.17) is 4.74 Å². The van der Waals surface area contributed by atoms with Crippen molar-refractivity contribution < 1.29 is 14.5 Å². The van der Waals surface area contributed by atoms with E-state index in [1.54, 1.807) is 25.3 Å². The van der Waals surface area contributed by atoms with E-state index in [9.17, 15) is 14.9 Å². The number of nitro benzene ring substituents is 1. The van der Waals surface area contributed by atoms with Gasteiger partial charge in [-0.15, -0.1) is 0 Å². The first-order valence-electron chi connectivity index (χ1n) is 6.08. The molecule has 0 saturated heterocycles. The third kappa shape index (κ3) is 3.14. The summed E-state index contributed by atoms with van der Waals surface area (Å²) in [5, 5.41) is 13.4. The van der Waals surface area contributed by atoms with E-state index < -0.39 is 4.92 Å². The molecule has 2 rings (SSSR count). The van der Waals surface area contributed by atoms with E-state index >= 15 is 0 Å². The zero-order chi connectivity index (χ0) is 15.4. The molecule has 1 aromatic carbocycles. The van der Waals surface area contributed by atoms with Crippen molar-refractivity contribution in [3.05, 3.63) is 57.8 Å². The molecule has 1 amide bonds. The molecule has 0 fully saturated rings. The largest absolute Gasteiger partial charge is 0.480 e. The summed E-state index contributed by atoms with van der Waals surface area (Å²) in [6, 6.07) is 7.51. The lowest BCUT2D eigenvalue weighted by Crippen LogP contribution is -2.13. The van der Waals surface area contributed by atoms with Gasteiger partial charge in [0, 0.05) is 23.4 Å². The van der Waals surface area contributed by atoms with Gasteiger partial charge >= 0.3 is 0 Å². The molecule has 0 unspecified atom stereocenters. The summed E-state index contributed by atoms with van der Waals surface area (Å²) < 4.78 is 5.04. The Morgan fingerprint density at radius 3 is 2.76 bits per heavy atom. The van der Waals surface area contributed by atoms with Gasteiger partial charge in [-0.2, -0.15) is 0 Å². The number of carbonyl (C=O) groups excluding carboxylic acids is 1. The third-order valence-electron chi connectivity index (χ3n) is 2.87. The Hall–Kier alpha value is -2.96. The topological polar surface area (TPSA) is 94.4 Å². The SMILES string of the molecule is COc1ncccc1NC(=O)c1ccc([N+](=O)[O-])c(C)c1. The number of nitrogens with one attached hydrogen (secondary N) is 1. The number of methoxy groups -OCH3 is 1. The van der Waals surface area contributed by atoms with Crippen LogP contribution < -0.4 is 10.1 Å². The van der Waals surface area contributed by atoms with Crippen LogP contribution in [-0.2, 0) is 0 Å². The predicted octanol–water partition coefficient (Wildman–Crippen LogP) is 2.56. The van der Waals surface area contributed by atoms with Crippen LogP contribution in [0.15, 0.2) is 36.5 Å². The molecule has 0 atom stereocenters. The smallest absolute Gasteiger partial charge is 0.272 e. The number of nitrogens with zero attached hydrogens (tertiary/aromatic N) is 2. The predicted molar refractivity (Wildman–Crippen MR) is 76.6 cm³/mol. The van der Waals surface area contributed by atoms with Crippen LogP contribution in [0.1, 0.15) is 15.9 Å². The Labute approximate surface area is 120 Å². The maximum atomic E-state index is 12.2. The molecule has 0 aliphatic heterocycles. The maximum Gasteiger partial charge on any atom is 0.272 e. The molecular formula is C14H13N3O4. The first-order valence-corrected chi connectivity index (χ1v) is 6.08. The summed E-state index contributed by atoms with van der Waals surface area (Å²) in [6.45, 7) is 1.58. The zero-order valence-electron chi connectivity index (χ0n) is 11.5. The van der Waals surface area contributed by atoms with Crippen molar-refractivity contribution in [1.29, 1.82) is 0 Å². The number of nitro groups is 1. The molecule has 0 aliphatic carbocycles. The van der Waals surface area contributed by atoms with Gasteiger partial charge < -0.3 is 10.1 Å². The van der Waals surface area contributed by atoms with Crippen molar-refractivity contribution in [1.82, 2.24) is 4.98 Å². The summed E-state index contributed by atoms with van der Waals surface area (Å²) in [7, 11) is 1.45. The van der Waals surface area contributed by atoms with Crippen molar-refractivity contribution in [2.45, 2.75) is 6.92 Å². The van der Waals surface area contributed by atoms with Gasteiger partial charge in [0.2, 0.25) is 5.88 Å². The third-order valence-corrected chi connectivity index (χ3v) is 2.87. The lowest BCUT2D eigenvalue weighted by molar-refractivity contribution is -0.385. The summed E-state index contributed by atoms with van der Waals surface area (Å²) in [6.07, 6.45) is 1.55. The number of benzene rings is 1. The number of carbonyl (C=O) groups is 1. The fraction of sp³-hybridized carbons (Fsp3) is 0.143. The van der Waals surface area contributed by atoms with E-state index in [2.05, 4.69) is 10.3 Å². The zero-order valence-corrected chi connectivity index (χ0v) is 11.5. The van der Waals surface area contributed by atoms with Crippen LogP contribution in [0.3, 0.4) is 0 Å². The molecule has 0 saturated carbocycles. The normalized spacial score (nSPS) is 10.0. The first-order chi connectivity index (χ1) is 10.0. The van der Waals surface area contributed by atoms with Gasteiger partial charge in [-0.1, -0.05) is 0 Å². The number of ether oxygens (including phenoxy) is 1. The molecular weight excluding hydrogens is 274 g/mol. The highest BCUT2D eigenvalue weighted by molar-refractivity contribution is 6.05. The molecule has 1 N–H and O–H groups in total. The van der Waals surface area contributed by atoms with Gasteiger partial charge in [0.05, 0.1) is 12.0 Å². The van der Waals surface area contributed by atoms with Crippen LogP contribution in [0.25, 0.3) is 0 Å². The Bertz CT molecular complexity index is 700. The van der Waals surface area contributed by atoms with Gasteiger partial charge in [-0.25, -0.2) is 4.98 Å². The van der Waals surface area contributed by atoms with Crippen LogP contribution in [0.2, 0.25) is 0 Å². The van der Waals surface area contributed by atoms with E-state index in [1.807, 2.05) is 0 Å². The van der Waals surface area contributed by atoms with Gasteiger partial charge in [0.25, 0.3) is 11.6 Å². The summed E-state index contributed by atoms with van der Waals surface area (Å²) >= 11 is 0. The van der Waals surface area contributed by atoms with Crippen LogP contribution in [-0.4, -0.2) is 22.9 Å². The molecule has 0 bridgehead atoms. The molecule has 0 radical (unpaired) electrons. The minimum atomic E-state index is -0.485. The number of anilines is 1. The fourth-order valence-electron chi connectivity index (χ4n) is 1.84. The molecule has 0 aliphatic rings. The van der Waals surface area contributed by atoms with Crippen LogP contribution in [0.5, 0.6) is 5.88 Å². The number of aromatic nitrogens is 1. The average Bonchev–Trinajstić information content (AvgIpc) is 2.47. The number of amides is 1. The highest BCUT2D eigenvalue weighted by atomic mass is 16.6. The van der Waals surface area contributed by atoms with Crippen molar-refractivity contribution in [2.75, 3.05) is 12.4 Å². The lowest BCUT2D eigenvalue weighted by Gasteiger charge is -2.09. The second-order valence-corrected chi connectivity index (χ2v) is 4.27. The first kappa shape index (κ1) is 14.4. The highest BCUT2D eigenvalue weighted by Gasteiger charge is 2.15. The van der Waals surface area contributed by atoms with Crippen LogP contribution in [0, 0.1) is 17.0 Å². The van der Waals surface area contributed by atoms with Crippen LogP contribution in [0.4, 0.5) is 11.4 Å². The summed E-state index contributed by atoms with van der Waals surface area (Å²) in [5.74, 6) is -0.0937. The Balaban J connectivity index is 2.25. The summed E-state index contributed by atoms with van der Waals surface area (Å²) in [4.78, 5) is 26.4. The number of hydrogen-bond donors (Lipinski definition) is 1. The van der Waals surface area contributed by atoms with Crippen LogP contribution >= 0.6 is 0 Å². The molecule has 7 heteroatoms. The molecule has 0 spiro atoms. The van der Waals surface area contributed by atoms with E-state index in [0.29, 0.717) is 22.7 Å². The monoisotopic (exact) mass is 287 g/mol. The van der Waals surface area contributed by atoms with Crippen molar-refractivity contribution in [3.8, 4) is 5.88 Å². The summed E-state index contributed by atoms with van der Waals surface area (Å²) in [5.41, 5.74) is 1.15. The highest BCUT2D eigenvalue weighted by Crippen LogP contribution is 2.22. The van der Waals surface area contributed by atoms with Crippen molar-refractivity contribution in [3.63, 3.8) is 0 Å². The standard InChI is InChI=1S/C14H13N3O4/c1-9-8-10(5-6-12(9)17(19)20)13(18)16-11-4-3-7-15-14(11)21-2/h3-8H,1-2H3,(H,16,18). The van der Waals surface area contributed by atoms with Crippen molar-refractivity contribution in [2.24, 2.45) is 0 Å². The minimum absolute atomic E-state index is 0.0227. The molecule has 108 valence electrons. The Morgan fingerprint density at radius 2 is 2.14 bits per heavy atom. The van der Waals surface area contributed by atoms with Gasteiger partial charge in [0.15, 0.2) is 0 Å². The van der Waals surface area contributed by atoms with Gasteiger partial charge in [-0.05, 0) is 31.2 Å². The van der Waals surface area contributed by atoms with Crippen molar-refractivity contribution >= 4 is 17.3 Å². The Morgan fingerprint density at radius 1 is 1.38 bits per heavy atom. The number of pyridine rings is 1. The van der Waals surface area contributed by atoms with Gasteiger partial charge in [-0.3, -0.25) is 14.9 Å². The number of hydrogen-bond acceptors (Lipinski definition) is 5. The second-order valence-electron chi connectivity index (χ2n) is 4.27. The quantitative estimate of drug-likeness (QED) is 0.688. The van der Waals surface area contributed by atoms with Gasteiger partial charge in [0.1, 0.15) is 5.69 Å². The van der Waals surface area contributed by atoms with E-state index in [1.165, 1.54) is 25.3 Å². The van der Waals surface area contributed by atoms with E-state index in [-0.39, 0.29) is 11.6 Å². The minimum Gasteiger partial charge on any atom is -0.480 e. The molecule has 1 heterocycles. The molecule has 21 heavy (non-hydrogen) atoms. The molecule has 7 nitrogen and oxygen atoms in total. The van der Waals surface area contributed by atoms with E-state index in [0.717, 1.165) is 0 Å². The lowest BCUT2D eigenvalue weighted by atomic mass is 10.1. The number of aryl methyl sites for hydroxylation is 1. The maximum absolute atomic E-state index is 12.2. The average molecular weight is 287 g/mol. The Kier molecular flexibility index (Phi) is 4.13. The molecule has 2 aromatic rings. The molecule has 1 aromatic heterocycles.